The number of rotatable bonds is 5. The molecule has 4 aromatic heterocycles. The van der Waals surface area contributed by atoms with Gasteiger partial charge in [-0.3, -0.25) is 0 Å². The molecular weight excluding hydrogens is 404 g/mol. The number of nitrogens with zero attached hydrogens (tertiary/aromatic N) is 6. The molecule has 4 aromatic rings. The fourth-order valence-electron chi connectivity index (χ4n) is 4.02. The Morgan fingerprint density at radius 3 is 2.88 bits per heavy atom. The van der Waals surface area contributed by atoms with Gasteiger partial charge in [-0.15, -0.1) is 0 Å². The zero-order valence-corrected chi connectivity index (χ0v) is 18.0. The number of anilines is 1. The molecule has 0 aromatic carbocycles. The SMILES string of the molecule is CC(C)Nc1cc(-n2ncc3cc(C#N)cnc32)ncc1-c1cc([C@H]2CCCCN2)no1. The van der Waals surface area contributed by atoms with Gasteiger partial charge < -0.3 is 15.2 Å². The molecule has 2 N–H and O–H groups in total. The summed E-state index contributed by atoms with van der Waals surface area (Å²) in [6.45, 7) is 5.16. The van der Waals surface area contributed by atoms with E-state index in [1.54, 1.807) is 23.1 Å². The van der Waals surface area contributed by atoms with E-state index in [-0.39, 0.29) is 12.1 Å². The van der Waals surface area contributed by atoms with E-state index < -0.39 is 0 Å². The van der Waals surface area contributed by atoms with Crippen molar-refractivity contribution in [2.75, 3.05) is 11.9 Å². The van der Waals surface area contributed by atoms with Crippen LogP contribution in [0, 0.1) is 11.3 Å². The second-order valence-electron chi connectivity index (χ2n) is 8.31. The summed E-state index contributed by atoms with van der Waals surface area (Å²) >= 11 is 0. The van der Waals surface area contributed by atoms with Crippen molar-refractivity contribution in [1.29, 1.82) is 5.26 Å². The third-order valence-corrected chi connectivity index (χ3v) is 5.55. The Balaban J connectivity index is 1.53. The molecule has 9 nitrogen and oxygen atoms in total. The summed E-state index contributed by atoms with van der Waals surface area (Å²) in [5.41, 5.74) is 3.78. The molecule has 0 unspecified atom stereocenters. The standard InChI is InChI=1S/C23H24N8O/c1-14(2)29-19-9-22(31-23-16(12-28-31)7-15(10-24)11-27-23)26-13-17(19)21-8-20(30-32-21)18-5-3-4-6-25-18/h7-9,11-14,18,25H,3-6H2,1-2H3,(H,26,29)/t18-/m1/s1. The lowest BCUT2D eigenvalue weighted by molar-refractivity contribution is 0.368. The molecule has 0 saturated carbocycles. The molecule has 5 rings (SSSR count). The van der Waals surface area contributed by atoms with Crippen molar-refractivity contribution in [3.8, 4) is 23.2 Å². The molecule has 162 valence electrons. The van der Waals surface area contributed by atoms with Crippen molar-refractivity contribution in [1.82, 2.24) is 30.2 Å². The Bertz CT molecular complexity index is 1290. The average Bonchev–Trinajstić information content (AvgIpc) is 3.46. The zero-order valence-electron chi connectivity index (χ0n) is 18.0. The number of nitriles is 1. The summed E-state index contributed by atoms with van der Waals surface area (Å²) in [5.74, 6) is 1.30. The summed E-state index contributed by atoms with van der Waals surface area (Å²) < 4.78 is 7.39. The lowest BCUT2D eigenvalue weighted by atomic mass is 10.0. The third kappa shape index (κ3) is 3.81. The first-order valence-electron chi connectivity index (χ1n) is 10.8. The summed E-state index contributed by atoms with van der Waals surface area (Å²) in [5, 5.41) is 25.6. The number of pyridine rings is 2. The van der Waals surface area contributed by atoms with Crippen LogP contribution in [-0.2, 0) is 0 Å². The van der Waals surface area contributed by atoms with Crippen molar-refractivity contribution in [2.24, 2.45) is 0 Å². The lowest BCUT2D eigenvalue weighted by Crippen LogP contribution is -2.26. The molecule has 0 aliphatic carbocycles. The topological polar surface area (TPSA) is 117 Å². The van der Waals surface area contributed by atoms with Crippen LogP contribution in [0.4, 0.5) is 5.69 Å². The number of nitrogens with one attached hydrogen (secondary N) is 2. The molecule has 1 aliphatic heterocycles. The quantitative estimate of drug-likeness (QED) is 0.490. The molecule has 1 fully saturated rings. The van der Waals surface area contributed by atoms with Gasteiger partial charge in [-0.25, -0.2) is 9.97 Å². The molecule has 0 amide bonds. The largest absolute Gasteiger partial charge is 0.382 e. The smallest absolute Gasteiger partial charge is 0.170 e. The maximum Gasteiger partial charge on any atom is 0.170 e. The molecule has 0 bridgehead atoms. The first kappa shape index (κ1) is 20.2. The maximum absolute atomic E-state index is 9.11. The molecule has 9 heteroatoms. The van der Waals surface area contributed by atoms with Crippen molar-refractivity contribution < 1.29 is 4.52 Å². The molecule has 5 heterocycles. The minimum Gasteiger partial charge on any atom is -0.382 e. The van der Waals surface area contributed by atoms with Crippen molar-refractivity contribution in [3.05, 3.63) is 48.0 Å². The zero-order chi connectivity index (χ0) is 22.1. The van der Waals surface area contributed by atoms with Crippen molar-refractivity contribution in [2.45, 2.75) is 45.2 Å². The van der Waals surface area contributed by atoms with E-state index in [2.05, 4.69) is 50.8 Å². The fraction of sp³-hybridized carbons (Fsp3) is 0.348. The van der Waals surface area contributed by atoms with Crippen LogP contribution >= 0.6 is 0 Å². The van der Waals surface area contributed by atoms with Gasteiger partial charge in [0, 0.05) is 36.0 Å². The van der Waals surface area contributed by atoms with E-state index in [0.717, 1.165) is 35.3 Å². The summed E-state index contributed by atoms with van der Waals surface area (Å²) in [7, 11) is 0. The fourth-order valence-corrected chi connectivity index (χ4v) is 4.02. The van der Waals surface area contributed by atoms with E-state index in [1.807, 2.05) is 12.1 Å². The van der Waals surface area contributed by atoms with Gasteiger partial charge in [-0.05, 0) is 39.3 Å². The van der Waals surface area contributed by atoms with Gasteiger partial charge in [0.05, 0.1) is 29.1 Å². The third-order valence-electron chi connectivity index (χ3n) is 5.55. The van der Waals surface area contributed by atoms with Gasteiger partial charge in [-0.1, -0.05) is 11.6 Å². The molecule has 1 saturated heterocycles. The number of fused-ring (bicyclic) bond motifs is 1. The Labute approximate surface area is 185 Å². The summed E-state index contributed by atoms with van der Waals surface area (Å²) in [6.07, 6.45) is 8.45. The van der Waals surface area contributed by atoms with Gasteiger partial charge in [0.25, 0.3) is 0 Å². The second kappa shape index (κ2) is 8.40. The minimum atomic E-state index is 0.206. The number of hydrogen-bond acceptors (Lipinski definition) is 8. The van der Waals surface area contributed by atoms with Gasteiger partial charge >= 0.3 is 0 Å². The maximum atomic E-state index is 9.11. The Morgan fingerprint density at radius 2 is 2.09 bits per heavy atom. The number of hydrogen-bond donors (Lipinski definition) is 2. The molecular formula is C23H24N8O. The predicted molar refractivity (Wildman–Crippen MR) is 120 cm³/mol. The van der Waals surface area contributed by atoms with Crippen LogP contribution in [0.1, 0.15) is 50.4 Å². The highest BCUT2D eigenvalue weighted by atomic mass is 16.5. The van der Waals surface area contributed by atoms with E-state index in [4.69, 9.17) is 9.78 Å². The van der Waals surface area contributed by atoms with Crippen LogP contribution < -0.4 is 10.6 Å². The first-order chi connectivity index (χ1) is 15.6. The number of piperidine rings is 1. The summed E-state index contributed by atoms with van der Waals surface area (Å²) in [4.78, 5) is 9.03. The van der Waals surface area contributed by atoms with Crippen LogP contribution in [0.25, 0.3) is 28.2 Å². The monoisotopic (exact) mass is 428 g/mol. The normalized spacial score (nSPS) is 16.4. The minimum absolute atomic E-state index is 0.206. The van der Waals surface area contributed by atoms with Gasteiger partial charge in [0.15, 0.2) is 17.2 Å². The van der Waals surface area contributed by atoms with Crippen LogP contribution in [0.2, 0.25) is 0 Å². The van der Waals surface area contributed by atoms with Crippen LogP contribution in [0.5, 0.6) is 0 Å². The highest BCUT2D eigenvalue weighted by molar-refractivity contribution is 5.79. The Hall–Kier alpha value is -3.77. The highest BCUT2D eigenvalue weighted by Gasteiger charge is 2.21. The van der Waals surface area contributed by atoms with E-state index in [1.165, 1.54) is 19.0 Å². The van der Waals surface area contributed by atoms with Gasteiger partial charge in [0.2, 0.25) is 0 Å². The Kier molecular flexibility index (Phi) is 5.29. The molecule has 0 radical (unpaired) electrons. The van der Waals surface area contributed by atoms with Crippen molar-refractivity contribution in [3.63, 3.8) is 0 Å². The Morgan fingerprint density at radius 1 is 1.19 bits per heavy atom. The molecule has 0 spiro atoms. The van der Waals surface area contributed by atoms with E-state index >= 15 is 0 Å². The van der Waals surface area contributed by atoms with Gasteiger partial charge in [0.1, 0.15) is 11.8 Å². The van der Waals surface area contributed by atoms with Gasteiger partial charge in [-0.2, -0.15) is 15.0 Å². The van der Waals surface area contributed by atoms with Crippen molar-refractivity contribution >= 4 is 16.7 Å². The molecule has 1 atom stereocenters. The summed E-state index contributed by atoms with van der Waals surface area (Å²) in [6, 6.07) is 8.24. The van der Waals surface area contributed by atoms with Crippen LogP contribution in [0.15, 0.2) is 41.3 Å². The predicted octanol–water partition coefficient (Wildman–Crippen LogP) is 3.98. The van der Waals surface area contributed by atoms with E-state index in [0.29, 0.717) is 22.8 Å². The molecule has 1 aliphatic rings. The highest BCUT2D eigenvalue weighted by Crippen LogP contribution is 2.33. The van der Waals surface area contributed by atoms with Crippen LogP contribution in [-0.4, -0.2) is 37.5 Å². The second-order valence-corrected chi connectivity index (χ2v) is 8.31. The van der Waals surface area contributed by atoms with E-state index in [9.17, 15) is 0 Å². The average molecular weight is 429 g/mol. The molecule has 32 heavy (non-hydrogen) atoms. The first-order valence-corrected chi connectivity index (χ1v) is 10.8. The number of aromatic nitrogens is 5. The van der Waals surface area contributed by atoms with Crippen LogP contribution in [0.3, 0.4) is 0 Å². The lowest BCUT2D eigenvalue weighted by Gasteiger charge is -2.20.